The predicted octanol–water partition coefficient (Wildman–Crippen LogP) is 4.46. The average molecular weight is 455 g/mol. The number of nitrogens with zero attached hydrogens (tertiary/aromatic N) is 1. The van der Waals surface area contributed by atoms with Crippen molar-refractivity contribution in [2.75, 3.05) is 13.7 Å². The zero-order valence-corrected chi connectivity index (χ0v) is 19.7. The Hall–Kier alpha value is -3.86. The molecule has 4 aromatic rings. The Morgan fingerprint density at radius 1 is 0.882 bits per heavy atom. The lowest BCUT2D eigenvalue weighted by Gasteiger charge is -2.14. The molecule has 34 heavy (non-hydrogen) atoms. The fourth-order valence-electron chi connectivity index (χ4n) is 4.10. The van der Waals surface area contributed by atoms with Gasteiger partial charge in [-0.1, -0.05) is 60.2 Å². The van der Waals surface area contributed by atoms with Crippen LogP contribution in [0.2, 0.25) is 0 Å². The van der Waals surface area contributed by atoms with E-state index in [1.54, 1.807) is 11.7 Å². The number of nitrogens with one attached hydrogen (secondary N) is 1. The van der Waals surface area contributed by atoms with E-state index < -0.39 is 0 Å². The van der Waals surface area contributed by atoms with E-state index in [-0.39, 0.29) is 18.0 Å². The van der Waals surface area contributed by atoms with Gasteiger partial charge in [-0.2, -0.15) is 0 Å². The number of fused-ring (bicyclic) bond motifs is 1. The molecule has 0 radical (unpaired) electrons. The Labute approximate surface area is 200 Å². The summed E-state index contributed by atoms with van der Waals surface area (Å²) in [5.74, 6) is 0.468. The van der Waals surface area contributed by atoms with Crippen molar-refractivity contribution in [1.29, 1.82) is 0 Å². The number of amides is 1. The van der Waals surface area contributed by atoms with Crippen molar-refractivity contribution in [3.05, 3.63) is 111 Å². The number of carbonyl (C=O) groups excluding carboxylic acids is 1. The Morgan fingerprint density at radius 3 is 2.35 bits per heavy atom. The summed E-state index contributed by atoms with van der Waals surface area (Å²) in [5, 5.41) is 3.87. The van der Waals surface area contributed by atoms with Crippen molar-refractivity contribution in [2.24, 2.45) is 0 Å². The van der Waals surface area contributed by atoms with Crippen molar-refractivity contribution in [3.63, 3.8) is 0 Å². The monoisotopic (exact) mass is 454 g/mol. The van der Waals surface area contributed by atoms with Gasteiger partial charge in [-0.25, -0.2) is 0 Å². The van der Waals surface area contributed by atoms with Crippen LogP contribution in [0.5, 0.6) is 5.75 Å². The third kappa shape index (κ3) is 5.73. The lowest BCUT2D eigenvalue weighted by molar-refractivity contribution is -0.121. The summed E-state index contributed by atoms with van der Waals surface area (Å²) in [6.07, 6.45) is 2.12. The largest absolute Gasteiger partial charge is 0.497 e. The summed E-state index contributed by atoms with van der Waals surface area (Å²) in [6.45, 7) is 2.55. The van der Waals surface area contributed by atoms with Gasteiger partial charge in [-0.15, -0.1) is 0 Å². The molecule has 0 bridgehead atoms. The summed E-state index contributed by atoms with van der Waals surface area (Å²) >= 11 is 0. The van der Waals surface area contributed by atoms with Crippen molar-refractivity contribution < 1.29 is 9.53 Å². The van der Waals surface area contributed by atoms with E-state index in [0.29, 0.717) is 29.8 Å². The number of aromatic nitrogens is 1. The number of benzene rings is 3. The molecule has 0 unspecified atom stereocenters. The standard InChI is InChI=1S/C29H30N2O3/c1-21-8-10-23(11-9-21)12-13-25-18-24-14-15-26(34-2)19-27(24)31(29(25)33)20-28(32)30-17-16-22-6-4-3-5-7-22/h3-11,14-15,18-19H,12-13,16-17,20H2,1-2H3,(H,30,32). The molecule has 1 aromatic heterocycles. The highest BCUT2D eigenvalue weighted by Gasteiger charge is 2.14. The van der Waals surface area contributed by atoms with Gasteiger partial charge < -0.3 is 10.1 Å². The van der Waals surface area contributed by atoms with E-state index in [9.17, 15) is 9.59 Å². The highest BCUT2D eigenvalue weighted by molar-refractivity contribution is 5.84. The summed E-state index contributed by atoms with van der Waals surface area (Å²) in [6, 6.07) is 25.9. The van der Waals surface area contributed by atoms with Crippen LogP contribution in [0.15, 0.2) is 83.7 Å². The van der Waals surface area contributed by atoms with Crippen LogP contribution in [0.1, 0.15) is 22.3 Å². The smallest absolute Gasteiger partial charge is 0.254 e. The van der Waals surface area contributed by atoms with Crippen LogP contribution in [0, 0.1) is 6.92 Å². The van der Waals surface area contributed by atoms with Gasteiger partial charge in [-0.05, 0) is 60.9 Å². The molecule has 5 heteroatoms. The van der Waals surface area contributed by atoms with Gasteiger partial charge in [0.15, 0.2) is 0 Å². The minimum absolute atomic E-state index is 0.0321. The predicted molar refractivity (Wildman–Crippen MR) is 137 cm³/mol. The summed E-state index contributed by atoms with van der Waals surface area (Å²) < 4.78 is 6.93. The van der Waals surface area contributed by atoms with Crippen LogP contribution < -0.4 is 15.6 Å². The van der Waals surface area contributed by atoms with Crippen molar-refractivity contribution >= 4 is 16.8 Å². The van der Waals surface area contributed by atoms with E-state index in [0.717, 1.165) is 23.8 Å². The van der Waals surface area contributed by atoms with E-state index in [1.165, 1.54) is 11.1 Å². The lowest BCUT2D eigenvalue weighted by atomic mass is 10.0. The fraction of sp³-hybridized carbons (Fsp3) is 0.241. The normalized spacial score (nSPS) is 10.9. The minimum atomic E-state index is -0.183. The maximum Gasteiger partial charge on any atom is 0.254 e. The average Bonchev–Trinajstić information content (AvgIpc) is 2.86. The van der Waals surface area contributed by atoms with Gasteiger partial charge in [0.2, 0.25) is 5.91 Å². The number of methoxy groups -OCH3 is 1. The lowest BCUT2D eigenvalue weighted by Crippen LogP contribution is -2.34. The molecular formula is C29H30N2O3. The van der Waals surface area contributed by atoms with Crippen LogP contribution in [-0.2, 0) is 30.6 Å². The maximum absolute atomic E-state index is 13.4. The van der Waals surface area contributed by atoms with Crippen LogP contribution in [0.4, 0.5) is 0 Å². The molecule has 0 fully saturated rings. The van der Waals surface area contributed by atoms with E-state index in [2.05, 4.69) is 36.5 Å². The summed E-state index contributed by atoms with van der Waals surface area (Å²) in [5.41, 5.74) is 4.82. The van der Waals surface area contributed by atoms with E-state index >= 15 is 0 Å². The maximum atomic E-state index is 13.4. The first-order valence-corrected chi connectivity index (χ1v) is 11.6. The molecule has 1 N–H and O–H groups in total. The van der Waals surface area contributed by atoms with Gasteiger partial charge in [0.25, 0.3) is 5.56 Å². The molecule has 0 aliphatic heterocycles. The first kappa shape index (κ1) is 23.3. The quantitative estimate of drug-likeness (QED) is 0.406. The minimum Gasteiger partial charge on any atom is -0.497 e. The number of carbonyl (C=O) groups is 1. The Kier molecular flexibility index (Phi) is 7.43. The molecule has 1 heterocycles. The highest BCUT2D eigenvalue weighted by Crippen LogP contribution is 2.21. The third-order valence-corrected chi connectivity index (χ3v) is 6.06. The van der Waals surface area contributed by atoms with Gasteiger partial charge >= 0.3 is 0 Å². The zero-order valence-electron chi connectivity index (χ0n) is 19.7. The highest BCUT2D eigenvalue weighted by atomic mass is 16.5. The third-order valence-electron chi connectivity index (χ3n) is 6.06. The zero-order chi connectivity index (χ0) is 23.9. The van der Waals surface area contributed by atoms with Gasteiger partial charge in [0, 0.05) is 18.2 Å². The SMILES string of the molecule is COc1ccc2cc(CCc3ccc(C)cc3)c(=O)n(CC(=O)NCCc3ccccc3)c2c1. The second kappa shape index (κ2) is 10.8. The van der Waals surface area contributed by atoms with Crippen molar-refractivity contribution in [3.8, 4) is 5.75 Å². The molecule has 3 aromatic carbocycles. The number of pyridine rings is 1. The summed E-state index contributed by atoms with van der Waals surface area (Å²) in [4.78, 5) is 26.2. The molecule has 0 spiro atoms. The molecule has 0 saturated carbocycles. The molecule has 0 saturated heterocycles. The van der Waals surface area contributed by atoms with Gasteiger partial charge in [-0.3, -0.25) is 14.2 Å². The number of aryl methyl sites for hydroxylation is 3. The number of hydrogen-bond acceptors (Lipinski definition) is 3. The van der Waals surface area contributed by atoms with Crippen LogP contribution in [-0.4, -0.2) is 24.1 Å². The fourth-order valence-corrected chi connectivity index (χ4v) is 4.10. The second-order valence-electron chi connectivity index (χ2n) is 8.56. The van der Waals surface area contributed by atoms with Crippen LogP contribution in [0.25, 0.3) is 10.9 Å². The Balaban J connectivity index is 1.56. The molecule has 5 nitrogen and oxygen atoms in total. The first-order valence-electron chi connectivity index (χ1n) is 11.6. The Morgan fingerprint density at radius 2 is 1.62 bits per heavy atom. The molecule has 0 aliphatic rings. The topological polar surface area (TPSA) is 60.3 Å². The number of hydrogen-bond donors (Lipinski definition) is 1. The first-order chi connectivity index (χ1) is 16.5. The molecule has 0 aliphatic carbocycles. The van der Waals surface area contributed by atoms with Gasteiger partial charge in [0.1, 0.15) is 12.3 Å². The molecule has 4 rings (SSSR count). The van der Waals surface area contributed by atoms with E-state index in [1.807, 2.05) is 54.6 Å². The number of ether oxygens (including phenoxy) is 1. The van der Waals surface area contributed by atoms with Crippen molar-refractivity contribution in [1.82, 2.24) is 9.88 Å². The van der Waals surface area contributed by atoms with Crippen LogP contribution in [0.3, 0.4) is 0 Å². The number of rotatable bonds is 9. The van der Waals surface area contributed by atoms with Gasteiger partial charge in [0.05, 0.1) is 12.6 Å². The molecule has 1 amide bonds. The molecule has 174 valence electrons. The molecule has 0 atom stereocenters. The van der Waals surface area contributed by atoms with Crippen molar-refractivity contribution in [2.45, 2.75) is 32.7 Å². The second-order valence-corrected chi connectivity index (χ2v) is 8.56. The Bertz CT molecular complexity index is 1330. The van der Waals surface area contributed by atoms with Crippen LogP contribution >= 0.6 is 0 Å². The summed E-state index contributed by atoms with van der Waals surface area (Å²) in [7, 11) is 1.59. The van der Waals surface area contributed by atoms with E-state index in [4.69, 9.17) is 4.74 Å². The molecular weight excluding hydrogens is 424 g/mol.